The van der Waals surface area contributed by atoms with E-state index in [2.05, 4.69) is 49.1 Å². The van der Waals surface area contributed by atoms with Crippen LogP contribution in [0.2, 0.25) is 0 Å². The Morgan fingerprint density at radius 1 is 1.00 bits per heavy atom. The van der Waals surface area contributed by atoms with Gasteiger partial charge in [-0.25, -0.2) is 0 Å². The molecule has 0 aliphatic heterocycles. The summed E-state index contributed by atoms with van der Waals surface area (Å²) in [5.41, 5.74) is 5.12. The lowest BCUT2D eigenvalue weighted by Crippen LogP contribution is -2.07. The lowest BCUT2D eigenvalue weighted by Gasteiger charge is -2.12. The maximum Gasteiger partial charge on any atom is 0.0998 e. The third kappa shape index (κ3) is 3.77. The second-order valence-corrected chi connectivity index (χ2v) is 5.93. The predicted molar refractivity (Wildman–Crippen MR) is 94.8 cm³/mol. The molecule has 0 heterocycles. The molecule has 0 spiro atoms. The SMILES string of the molecule is CC(C)c1ccc(/C(C#N)=C\c2ccc(N(C)C)cc2)cc1. The largest absolute Gasteiger partial charge is 0.378 e. The minimum Gasteiger partial charge on any atom is -0.378 e. The molecule has 2 aromatic rings. The standard InChI is InChI=1S/C20H22N2/c1-15(2)17-7-9-18(10-8-17)19(14-21)13-16-5-11-20(12-6-16)22(3)4/h5-13,15H,1-4H3/b19-13-. The quantitative estimate of drug-likeness (QED) is 0.589. The Morgan fingerprint density at radius 3 is 2.05 bits per heavy atom. The van der Waals surface area contributed by atoms with Crippen molar-refractivity contribution in [2.75, 3.05) is 19.0 Å². The smallest absolute Gasteiger partial charge is 0.0998 e. The van der Waals surface area contributed by atoms with Crippen LogP contribution in [0.3, 0.4) is 0 Å². The average molecular weight is 290 g/mol. The highest BCUT2D eigenvalue weighted by atomic mass is 15.1. The number of anilines is 1. The molecule has 0 unspecified atom stereocenters. The van der Waals surface area contributed by atoms with E-state index in [1.54, 1.807) is 0 Å². The summed E-state index contributed by atoms with van der Waals surface area (Å²) in [6, 6.07) is 18.7. The number of nitriles is 1. The van der Waals surface area contributed by atoms with Crippen molar-refractivity contribution in [1.82, 2.24) is 0 Å². The van der Waals surface area contributed by atoms with Gasteiger partial charge in [-0.2, -0.15) is 5.26 Å². The summed E-state index contributed by atoms with van der Waals surface area (Å²) < 4.78 is 0. The van der Waals surface area contributed by atoms with Crippen LogP contribution in [0.4, 0.5) is 5.69 Å². The van der Waals surface area contributed by atoms with Crippen LogP contribution in [0.25, 0.3) is 11.6 Å². The van der Waals surface area contributed by atoms with Gasteiger partial charge in [-0.15, -0.1) is 0 Å². The lowest BCUT2D eigenvalue weighted by atomic mass is 9.98. The molecule has 22 heavy (non-hydrogen) atoms. The molecule has 2 nitrogen and oxygen atoms in total. The number of hydrogen-bond donors (Lipinski definition) is 0. The van der Waals surface area contributed by atoms with Gasteiger partial charge in [0.05, 0.1) is 11.6 Å². The van der Waals surface area contributed by atoms with E-state index in [9.17, 15) is 5.26 Å². The third-order valence-corrected chi connectivity index (χ3v) is 3.73. The highest BCUT2D eigenvalue weighted by Gasteiger charge is 2.04. The van der Waals surface area contributed by atoms with E-state index in [4.69, 9.17) is 0 Å². The molecule has 2 rings (SSSR count). The summed E-state index contributed by atoms with van der Waals surface area (Å²) in [7, 11) is 4.03. The van der Waals surface area contributed by atoms with Crippen LogP contribution in [0.5, 0.6) is 0 Å². The first kappa shape index (κ1) is 15.9. The van der Waals surface area contributed by atoms with Crippen LogP contribution in [0.15, 0.2) is 48.5 Å². The van der Waals surface area contributed by atoms with Gasteiger partial charge in [-0.1, -0.05) is 50.2 Å². The summed E-state index contributed by atoms with van der Waals surface area (Å²) in [4.78, 5) is 2.06. The molecular weight excluding hydrogens is 268 g/mol. The zero-order chi connectivity index (χ0) is 16.1. The van der Waals surface area contributed by atoms with Gasteiger partial charge >= 0.3 is 0 Å². The molecule has 0 aliphatic rings. The summed E-state index contributed by atoms with van der Waals surface area (Å²) in [6.07, 6.45) is 1.93. The number of nitrogens with zero attached hydrogens (tertiary/aromatic N) is 2. The van der Waals surface area contributed by atoms with Gasteiger partial charge in [0.15, 0.2) is 0 Å². The molecule has 0 saturated carbocycles. The van der Waals surface area contributed by atoms with Crippen molar-refractivity contribution < 1.29 is 0 Å². The fourth-order valence-corrected chi connectivity index (χ4v) is 2.26. The normalized spacial score (nSPS) is 11.4. The maximum atomic E-state index is 9.44. The van der Waals surface area contributed by atoms with Crippen molar-refractivity contribution in [3.63, 3.8) is 0 Å². The molecule has 2 aromatic carbocycles. The van der Waals surface area contributed by atoms with E-state index in [0.717, 1.165) is 16.8 Å². The summed E-state index contributed by atoms with van der Waals surface area (Å²) >= 11 is 0. The second-order valence-electron chi connectivity index (χ2n) is 5.93. The van der Waals surface area contributed by atoms with Crippen LogP contribution < -0.4 is 4.90 Å². The Balaban J connectivity index is 2.29. The van der Waals surface area contributed by atoms with Crippen LogP contribution in [0.1, 0.15) is 36.5 Å². The molecule has 2 heteroatoms. The highest BCUT2D eigenvalue weighted by molar-refractivity contribution is 5.89. The van der Waals surface area contributed by atoms with Crippen molar-refractivity contribution in [1.29, 1.82) is 5.26 Å². The summed E-state index contributed by atoms with van der Waals surface area (Å²) in [6.45, 7) is 4.34. The number of benzene rings is 2. The van der Waals surface area contributed by atoms with E-state index < -0.39 is 0 Å². The molecule has 0 aromatic heterocycles. The van der Waals surface area contributed by atoms with Gasteiger partial charge in [0.25, 0.3) is 0 Å². The fraction of sp³-hybridized carbons (Fsp3) is 0.250. The van der Waals surface area contributed by atoms with Crippen LogP contribution in [-0.2, 0) is 0 Å². The fourth-order valence-electron chi connectivity index (χ4n) is 2.26. The predicted octanol–water partition coefficient (Wildman–Crippen LogP) is 4.94. The van der Waals surface area contributed by atoms with E-state index in [1.807, 2.05) is 44.4 Å². The van der Waals surface area contributed by atoms with Crippen LogP contribution in [-0.4, -0.2) is 14.1 Å². The first-order chi connectivity index (χ1) is 10.5. The van der Waals surface area contributed by atoms with E-state index in [-0.39, 0.29) is 0 Å². The van der Waals surface area contributed by atoms with E-state index >= 15 is 0 Å². The zero-order valence-corrected chi connectivity index (χ0v) is 13.7. The van der Waals surface area contributed by atoms with E-state index in [1.165, 1.54) is 5.56 Å². The molecule has 0 radical (unpaired) electrons. The summed E-state index contributed by atoms with van der Waals surface area (Å²) in [5, 5.41) is 9.44. The minimum absolute atomic E-state index is 0.502. The van der Waals surface area contributed by atoms with Crippen molar-refractivity contribution in [3.8, 4) is 6.07 Å². The molecular formula is C20H22N2. The highest BCUT2D eigenvalue weighted by Crippen LogP contribution is 2.22. The van der Waals surface area contributed by atoms with Crippen LogP contribution >= 0.6 is 0 Å². The lowest BCUT2D eigenvalue weighted by molar-refractivity contribution is 0.866. The van der Waals surface area contributed by atoms with Crippen molar-refractivity contribution in [2.45, 2.75) is 19.8 Å². The Bertz CT molecular complexity index is 684. The maximum absolute atomic E-state index is 9.44. The van der Waals surface area contributed by atoms with Gasteiger partial charge in [0.1, 0.15) is 0 Å². The van der Waals surface area contributed by atoms with Gasteiger partial charge in [-0.05, 0) is 40.8 Å². The molecule has 0 fully saturated rings. The third-order valence-electron chi connectivity index (χ3n) is 3.73. The molecule has 112 valence electrons. The van der Waals surface area contributed by atoms with Crippen molar-refractivity contribution >= 4 is 17.3 Å². The molecule has 0 N–H and O–H groups in total. The Labute approximate surface area is 133 Å². The van der Waals surface area contributed by atoms with Crippen molar-refractivity contribution in [3.05, 3.63) is 65.2 Å². The van der Waals surface area contributed by atoms with Gasteiger partial charge in [0, 0.05) is 19.8 Å². The average Bonchev–Trinajstić information content (AvgIpc) is 2.53. The molecule has 0 atom stereocenters. The minimum atomic E-state index is 0.502. The van der Waals surface area contributed by atoms with Gasteiger partial charge in [0.2, 0.25) is 0 Å². The molecule has 0 bridgehead atoms. The first-order valence-electron chi connectivity index (χ1n) is 7.51. The first-order valence-corrected chi connectivity index (χ1v) is 7.51. The summed E-state index contributed by atoms with van der Waals surface area (Å²) in [5.74, 6) is 0.502. The monoisotopic (exact) mass is 290 g/mol. The Kier molecular flexibility index (Phi) is 5.01. The second kappa shape index (κ2) is 6.95. The Hall–Kier alpha value is -2.53. The van der Waals surface area contributed by atoms with E-state index in [0.29, 0.717) is 11.5 Å². The van der Waals surface area contributed by atoms with Crippen molar-refractivity contribution in [2.24, 2.45) is 0 Å². The number of rotatable bonds is 4. The Morgan fingerprint density at radius 2 is 1.59 bits per heavy atom. The molecule has 0 saturated heterocycles. The zero-order valence-electron chi connectivity index (χ0n) is 13.7. The molecule has 0 aliphatic carbocycles. The van der Waals surface area contributed by atoms with Gasteiger partial charge in [-0.3, -0.25) is 0 Å². The number of hydrogen-bond acceptors (Lipinski definition) is 2. The van der Waals surface area contributed by atoms with Gasteiger partial charge < -0.3 is 4.90 Å². The van der Waals surface area contributed by atoms with Crippen LogP contribution in [0, 0.1) is 11.3 Å². The number of allylic oxidation sites excluding steroid dienone is 1. The topological polar surface area (TPSA) is 27.0 Å². The molecule has 0 amide bonds.